The number of anilines is 1. The minimum Gasteiger partial charge on any atom is -0.495 e. The molecular formula is C14H21N3O2. The number of nitrogens with two attached hydrogens (primary N) is 1. The largest absolute Gasteiger partial charge is 0.495 e. The maximum Gasteiger partial charge on any atom is 0.322 e. The van der Waals surface area contributed by atoms with Crippen LogP contribution in [0.4, 0.5) is 10.5 Å². The summed E-state index contributed by atoms with van der Waals surface area (Å²) in [5, 5.41) is 2.90. The minimum absolute atomic E-state index is 0.0899. The lowest BCUT2D eigenvalue weighted by molar-refractivity contribution is 0.209. The second-order valence-electron chi connectivity index (χ2n) is 4.97. The lowest BCUT2D eigenvalue weighted by atomic mass is 10.1. The maximum absolute atomic E-state index is 12.3. The summed E-state index contributed by atoms with van der Waals surface area (Å²) in [4.78, 5) is 14.1. The highest BCUT2D eigenvalue weighted by Gasteiger charge is 2.31. The number of benzene rings is 1. The number of carbonyl (C=O) groups excluding carboxylic acids is 1. The van der Waals surface area contributed by atoms with Crippen LogP contribution in [-0.2, 0) is 0 Å². The van der Waals surface area contributed by atoms with Crippen molar-refractivity contribution in [1.82, 2.24) is 4.90 Å². The van der Waals surface area contributed by atoms with Gasteiger partial charge < -0.3 is 20.7 Å². The summed E-state index contributed by atoms with van der Waals surface area (Å²) < 4.78 is 5.22. The topological polar surface area (TPSA) is 67.6 Å². The molecule has 19 heavy (non-hydrogen) atoms. The van der Waals surface area contributed by atoms with E-state index in [0.717, 1.165) is 13.0 Å². The number of rotatable bonds is 3. The molecule has 2 unspecified atom stereocenters. The fourth-order valence-electron chi connectivity index (χ4n) is 2.53. The molecule has 0 spiro atoms. The van der Waals surface area contributed by atoms with Gasteiger partial charge in [0.1, 0.15) is 5.75 Å². The first kappa shape index (κ1) is 13.7. The third-order valence-electron chi connectivity index (χ3n) is 3.60. The number of hydrogen-bond acceptors (Lipinski definition) is 3. The second kappa shape index (κ2) is 5.93. The Morgan fingerprint density at radius 3 is 2.89 bits per heavy atom. The average Bonchev–Trinajstić information content (AvgIpc) is 2.80. The Bertz CT molecular complexity index is 450. The van der Waals surface area contributed by atoms with Crippen LogP contribution in [-0.4, -0.2) is 37.2 Å². The lowest BCUT2D eigenvalue weighted by Gasteiger charge is -2.22. The zero-order valence-corrected chi connectivity index (χ0v) is 11.4. The van der Waals surface area contributed by atoms with Crippen LogP contribution >= 0.6 is 0 Å². The molecule has 0 saturated carbocycles. The Balaban J connectivity index is 2.05. The Labute approximate surface area is 113 Å². The first-order valence-corrected chi connectivity index (χ1v) is 6.56. The van der Waals surface area contributed by atoms with Gasteiger partial charge in [-0.25, -0.2) is 4.79 Å². The van der Waals surface area contributed by atoms with Gasteiger partial charge in [0.25, 0.3) is 0 Å². The Kier molecular flexibility index (Phi) is 4.27. The molecule has 2 rings (SSSR count). The van der Waals surface area contributed by atoms with Crippen molar-refractivity contribution in [3.63, 3.8) is 0 Å². The van der Waals surface area contributed by atoms with Crippen LogP contribution in [0.25, 0.3) is 0 Å². The standard InChI is InChI=1S/C14H21N3O2/c1-10-7-11(8-15)9-17(10)14(18)16-12-5-3-4-6-13(12)19-2/h3-6,10-11H,7-9,15H2,1-2H3,(H,16,18). The van der Waals surface area contributed by atoms with Gasteiger partial charge in [-0.05, 0) is 37.9 Å². The van der Waals surface area contributed by atoms with Crippen molar-refractivity contribution in [3.05, 3.63) is 24.3 Å². The lowest BCUT2D eigenvalue weighted by Crippen LogP contribution is -2.37. The van der Waals surface area contributed by atoms with Crippen molar-refractivity contribution < 1.29 is 9.53 Å². The van der Waals surface area contributed by atoms with Crippen molar-refractivity contribution in [2.75, 3.05) is 25.5 Å². The van der Waals surface area contributed by atoms with Crippen LogP contribution in [0, 0.1) is 5.92 Å². The number of amides is 2. The normalized spacial score (nSPS) is 22.4. The first-order chi connectivity index (χ1) is 9.15. The van der Waals surface area contributed by atoms with Crippen LogP contribution in [0.1, 0.15) is 13.3 Å². The highest BCUT2D eigenvalue weighted by molar-refractivity contribution is 5.91. The molecule has 0 radical (unpaired) electrons. The van der Waals surface area contributed by atoms with E-state index in [1.807, 2.05) is 29.2 Å². The van der Waals surface area contributed by atoms with Gasteiger partial charge in [-0.1, -0.05) is 12.1 Å². The molecule has 2 amide bonds. The minimum atomic E-state index is -0.0899. The van der Waals surface area contributed by atoms with Gasteiger partial charge in [-0.15, -0.1) is 0 Å². The highest BCUT2D eigenvalue weighted by Crippen LogP contribution is 2.26. The molecule has 1 fully saturated rings. The summed E-state index contributed by atoms with van der Waals surface area (Å²) in [6, 6.07) is 7.53. The van der Waals surface area contributed by atoms with E-state index in [9.17, 15) is 4.79 Å². The van der Waals surface area contributed by atoms with Gasteiger partial charge in [0.2, 0.25) is 0 Å². The van der Waals surface area contributed by atoms with E-state index in [4.69, 9.17) is 10.5 Å². The fraction of sp³-hybridized carbons (Fsp3) is 0.500. The fourth-order valence-corrected chi connectivity index (χ4v) is 2.53. The summed E-state index contributed by atoms with van der Waals surface area (Å²) in [6.45, 7) is 3.40. The van der Waals surface area contributed by atoms with Gasteiger partial charge in [-0.2, -0.15) is 0 Å². The first-order valence-electron chi connectivity index (χ1n) is 6.56. The predicted octanol–water partition coefficient (Wildman–Crippen LogP) is 1.90. The molecule has 104 valence electrons. The zero-order chi connectivity index (χ0) is 13.8. The molecule has 1 saturated heterocycles. The van der Waals surface area contributed by atoms with Gasteiger partial charge >= 0.3 is 6.03 Å². The molecule has 1 aromatic rings. The Hall–Kier alpha value is -1.75. The van der Waals surface area contributed by atoms with E-state index in [1.165, 1.54) is 0 Å². The molecule has 0 bridgehead atoms. The average molecular weight is 263 g/mol. The highest BCUT2D eigenvalue weighted by atomic mass is 16.5. The van der Waals surface area contributed by atoms with Gasteiger partial charge in [0.05, 0.1) is 12.8 Å². The number of methoxy groups -OCH3 is 1. The summed E-state index contributed by atoms with van der Waals surface area (Å²) in [6.07, 6.45) is 0.968. The SMILES string of the molecule is COc1ccccc1NC(=O)N1CC(CN)CC1C. The Morgan fingerprint density at radius 1 is 1.53 bits per heavy atom. The van der Waals surface area contributed by atoms with Crippen LogP contribution in [0.2, 0.25) is 0 Å². The number of urea groups is 1. The molecule has 5 heteroatoms. The van der Waals surface area contributed by atoms with E-state index in [2.05, 4.69) is 12.2 Å². The van der Waals surface area contributed by atoms with E-state index < -0.39 is 0 Å². The molecule has 2 atom stereocenters. The van der Waals surface area contributed by atoms with Crippen LogP contribution in [0.5, 0.6) is 5.75 Å². The summed E-state index contributed by atoms with van der Waals surface area (Å²) in [7, 11) is 1.59. The Morgan fingerprint density at radius 2 is 2.26 bits per heavy atom. The van der Waals surface area contributed by atoms with E-state index >= 15 is 0 Å². The van der Waals surface area contributed by atoms with Crippen LogP contribution < -0.4 is 15.8 Å². The van der Waals surface area contributed by atoms with Crippen molar-refractivity contribution in [3.8, 4) is 5.75 Å². The molecular weight excluding hydrogens is 242 g/mol. The molecule has 1 aromatic carbocycles. The molecule has 1 aliphatic heterocycles. The third kappa shape index (κ3) is 2.98. The van der Waals surface area contributed by atoms with E-state index in [-0.39, 0.29) is 12.1 Å². The van der Waals surface area contributed by atoms with E-state index in [1.54, 1.807) is 7.11 Å². The third-order valence-corrected chi connectivity index (χ3v) is 3.60. The molecule has 0 aromatic heterocycles. The molecule has 1 heterocycles. The zero-order valence-electron chi connectivity index (χ0n) is 11.4. The van der Waals surface area contributed by atoms with Crippen molar-refractivity contribution in [2.45, 2.75) is 19.4 Å². The number of hydrogen-bond donors (Lipinski definition) is 2. The quantitative estimate of drug-likeness (QED) is 0.875. The number of nitrogens with one attached hydrogen (secondary N) is 1. The maximum atomic E-state index is 12.3. The number of ether oxygens (including phenoxy) is 1. The monoisotopic (exact) mass is 263 g/mol. The predicted molar refractivity (Wildman–Crippen MR) is 75.3 cm³/mol. The van der Waals surface area contributed by atoms with Crippen LogP contribution in [0.3, 0.4) is 0 Å². The van der Waals surface area contributed by atoms with Crippen LogP contribution in [0.15, 0.2) is 24.3 Å². The van der Waals surface area contributed by atoms with Crippen molar-refractivity contribution >= 4 is 11.7 Å². The molecule has 1 aliphatic rings. The summed E-state index contributed by atoms with van der Waals surface area (Å²) >= 11 is 0. The van der Waals surface area contributed by atoms with Gasteiger partial charge in [0, 0.05) is 12.6 Å². The number of carbonyl (C=O) groups is 1. The number of nitrogens with zero attached hydrogens (tertiary/aromatic N) is 1. The second-order valence-corrected chi connectivity index (χ2v) is 4.97. The number of para-hydroxylation sites is 2. The summed E-state index contributed by atoms with van der Waals surface area (Å²) in [5.74, 6) is 1.07. The molecule has 3 N–H and O–H groups in total. The number of likely N-dealkylation sites (tertiary alicyclic amines) is 1. The van der Waals surface area contributed by atoms with Crippen molar-refractivity contribution in [1.29, 1.82) is 0 Å². The molecule has 0 aliphatic carbocycles. The smallest absolute Gasteiger partial charge is 0.322 e. The van der Waals surface area contributed by atoms with Crippen molar-refractivity contribution in [2.24, 2.45) is 11.7 Å². The van der Waals surface area contributed by atoms with E-state index in [0.29, 0.717) is 23.9 Å². The van der Waals surface area contributed by atoms with Gasteiger partial charge in [0.15, 0.2) is 0 Å². The molecule has 5 nitrogen and oxygen atoms in total. The summed E-state index contributed by atoms with van der Waals surface area (Å²) in [5.41, 5.74) is 6.37. The van der Waals surface area contributed by atoms with Gasteiger partial charge in [-0.3, -0.25) is 0 Å².